The number of nitrogens with one attached hydrogen (secondary N) is 1. The molecule has 1 aliphatic heterocycles. The number of para-hydroxylation sites is 1. The summed E-state index contributed by atoms with van der Waals surface area (Å²) in [5, 5.41) is 3.88. The summed E-state index contributed by atoms with van der Waals surface area (Å²) in [6, 6.07) is 17.5. The van der Waals surface area contributed by atoms with E-state index in [0.29, 0.717) is 12.3 Å². The zero-order valence-electron chi connectivity index (χ0n) is 16.6. The van der Waals surface area contributed by atoms with Crippen molar-refractivity contribution in [3.63, 3.8) is 0 Å². The maximum absolute atomic E-state index is 12.2. The average Bonchev–Trinajstić information content (AvgIpc) is 3.31. The minimum atomic E-state index is -0.173. The van der Waals surface area contributed by atoms with Crippen molar-refractivity contribution in [1.82, 2.24) is 10.3 Å². The standard InChI is InChI=1S/C23H25N3O3/c1-28-19-10-7-17(8-11-19)15-24-22(27)16-29-20-6-4-5-18-9-12-21(25-23(18)20)26-13-2-3-14-26/h4-12H,2-3,13-16H2,1H3,(H,24,27). The molecule has 1 amide bonds. The number of fused-ring (bicyclic) bond motifs is 1. The van der Waals surface area contributed by atoms with Crippen LogP contribution in [0.2, 0.25) is 0 Å². The molecule has 0 unspecified atom stereocenters. The second-order valence-corrected chi connectivity index (χ2v) is 7.10. The Morgan fingerprint density at radius 2 is 1.86 bits per heavy atom. The van der Waals surface area contributed by atoms with Crippen LogP contribution in [0.5, 0.6) is 11.5 Å². The van der Waals surface area contributed by atoms with Crippen molar-refractivity contribution in [1.29, 1.82) is 0 Å². The van der Waals surface area contributed by atoms with Crippen LogP contribution in [0.15, 0.2) is 54.6 Å². The molecule has 1 fully saturated rings. The van der Waals surface area contributed by atoms with E-state index in [4.69, 9.17) is 14.5 Å². The number of hydrogen-bond acceptors (Lipinski definition) is 5. The molecule has 1 N–H and O–H groups in total. The molecule has 29 heavy (non-hydrogen) atoms. The molecule has 0 bridgehead atoms. The first-order valence-corrected chi connectivity index (χ1v) is 9.90. The highest BCUT2D eigenvalue weighted by molar-refractivity contribution is 5.86. The van der Waals surface area contributed by atoms with E-state index in [9.17, 15) is 4.79 Å². The number of nitrogens with zero attached hydrogens (tertiary/aromatic N) is 2. The van der Waals surface area contributed by atoms with Gasteiger partial charge in [-0.05, 0) is 48.7 Å². The molecule has 1 aliphatic rings. The van der Waals surface area contributed by atoms with Crippen LogP contribution in [-0.2, 0) is 11.3 Å². The van der Waals surface area contributed by atoms with Crippen LogP contribution in [0.25, 0.3) is 10.9 Å². The van der Waals surface area contributed by atoms with Gasteiger partial charge >= 0.3 is 0 Å². The Kier molecular flexibility index (Phi) is 5.79. The van der Waals surface area contributed by atoms with Crippen LogP contribution in [0.3, 0.4) is 0 Å². The minimum absolute atomic E-state index is 0.0507. The molecule has 1 aromatic heterocycles. The number of ether oxygens (including phenoxy) is 2. The number of pyridine rings is 1. The van der Waals surface area contributed by atoms with Crippen molar-refractivity contribution >= 4 is 22.6 Å². The quantitative estimate of drug-likeness (QED) is 0.667. The van der Waals surface area contributed by atoms with E-state index in [1.165, 1.54) is 12.8 Å². The fourth-order valence-electron chi connectivity index (χ4n) is 3.49. The summed E-state index contributed by atoms with van der Waals surface area (Å²) in [6.07, 6.45) is 2.40. The largest absolute Gasteiger partial charge is 0.497 e. The van der Waals surface area contributed by atoms with E-state index >= 15 is 0 Å². The van der Waals surface area contributed by atoms with Crippen LogP contribution in [0.4, 0.5) is 5.82 Å². The van der Waals surface area contributed by atoms with Gasteiger partial charge in [0.25, 0.3) is 5.91 Å². The Morgan fingerprint density at radius 1 is 1.07 bits per heavy atom. The first-order valence-electron chi connectivity index (χ1n) is 9.90. The number of amides is 1. The molecule has 1 saturated heterocycles. The van der Waals surface area contributed by atoms with Crippen molar-refractivity contribution in [2.75, 3.05) is 31.7 Å². The number of hydrogen-bond donors (Lipinski definition) is 1. The Balaban J connectivity index is 1.39. The Morgan fingerprint density at radius 3 is 2.62 bits per heavy atom. The second-order valence-electron chi connectivity index (χ2n) is 7.10. The van der Waals surface area contributed by atoms with Crippen LogP contribution in [0.1, 0.15) is 18.4 Å². The van der Waals surface area contributed by atoms with Crippen molar-refractivity contribution in [3.8, 4) is 11.5 Å². The van der Waals surface area contributed by atoms with E-state index in [1.807, 2.05) is 42.5 Å². The lowest BCUT2D eigenvalue weighted by Gasteiger charge is -2.17. The summed E-state index contributed by atoms with van der Waals surface area (Å²) in [5.74, 6) is 2.21. The monoisotopic (exact) mass is 391 g/mol. The van der Waals surface area contributed by atoms with Gasteiger partial charge in [-0.2, -0.15) is 0 Å². The molecular weight excluding hydrogens is 366 g/mol. The predicted octanol–water partition coefficient (Wildman–Crippen LogP) is 3.54. The number of methoxy groups -OCH3 is 1. The molecule has 150 valence electrons. The molecule has 2 aromatic carbocycles. The predicted molar refractivity (Wildman–Crippen MR) is 114 cm³/mol. The zero-order valence-corrected chi connectivity index (χ0v) is 16.6. The van der Waals surface area contributed by atoms with Gasteiger partial charge in [-0.15, -0.1) is 0 Å². The Bertz CT molecular complexity index is 982. The van der Waals surface area contributed by atoms with Gasteiger partial charge in [-0.1, -0.05) is 24.3 Å². The van der Waals surface area contributed by atoms with Crippen molar-refractivity contribution < 1.29 is 14.3 Å². The van der Waals surface area contributed by atoms with Crippen LogP contribution < -0.4 is 19.7 Å². The second kappa shape index (κ2) is 8.82. The van der Waals surface area contributed by atoms with Gasteiger partial charge in [0.1, 0.15) is 22.8 Å². The third-order valence-electron chi connectivity index (χ3n) is 5.11. The zero-order chi connectivity index (χ0) is 20.1. The van der Waals surface area contributed by atoms with Crippen molar-refractivity contribution in [2.45, 2.75) is 19.4 Å². The summed E-state index contributed by atoms with van der Waals surface area (Å²) in [4.78, 5) is 19.3. The lowest BCUT2D eigenvalue weighted by Crippen LogP contribution is -2.28. The molecule has 0 spiro atoms. The molecule has 0 aliphatic carbocycles. The molecule has 6 nitrogen and oxygen atoms in total. The highest BCUT2D eigenvalue weighted by atomic mass is 16.5. The van der Waals surface area contributed by atoms with Gasteiger partial charge in [-0.25, -0.2) is 4.98 Å². The van der Waals surface area contributed by atoms with Crippen molar-refractivity contribution in [2.24, 2.45) is 0 Å². The number of anilines is 1. The molecule has 0 atom stereocenters. The highest BCUT2D eigenvalue weighted by Gasteiger charge is 2.15. The van der Waals surface area contributed by atoms with E-state index in [2.05, 4.69) is 22.3 Å². The smallest absolute Gasteiger partial charge is 0.258 e. The SMILES string of the molecule is COc1ccc(CNC(=O)COc2cccc3ccc(N4CCCC4)nc23)cc1. The van der Waals surface area contributed by atoms with E-state index in [1.54, 1.807) is 7.11 Å². The molecule has 3 aromatic rings. The number of rotatable bonds is 7. The molecule has 4 rings (SSSR count). The Labute approximate surface area is 170 Å². The van der Waals surface area contributed by atoms with Crippen LogP contribution in [0, 0.1) is 0 Å². The molecular formula is C23H25N3O3. The number of carbonyl (C=O) groups excluding carboxylic acids is 1. The summed E-state index contributed by atoms with van der Waals surface area (Å²) < 4.78 is 11.0. The molecule has 0 radical (unpaired) electrons. The maximum atomic E-state index is 12.2. The normalized spacial score (nSPS) is 13.5. The van der Waals surface area contributed by atoms with E-state index < -0.39 is 0 Å². The first kappa shape index (κ1) is 19.1. The third kappa shape index (κ3) is 4.59. The van der Waals surface area contributed by atoms with E-state index in [0.717, 1.165) is 41.1 Å². The Hall–Kier alpha value is -3.28. The topological polar surface area (TPSA) is 63.7 Å². The van der Waals surface area contributed by atoms with Gasteiger partial charge in [0.2, 0.25) is 0 Å². The molecule has 2 heterocycles. The summed E-state index contributed by atoms with van der Waals surface area (Å²) in [5.41, 5.74) is 1.79. The lowest BCUT2D eigenvalue weighted by molar-refractivity contribution is -0.123. The highest BCUT2D eigenvalue weighted by Crippen LogP contribution is 2.27. The third-order valence-corrected chi connectivity index (χ3v) is 5.11. The van der Waals surface area contributed by atoms with Gasteiger partial charge in [0, 0.05) is 25.0 Å². The van der Waals surface area contributed by atoms with Gasteiger partial charge < -0.3 is 19.7 Å². The summed E-state index contributed by atoms with van der Waals surface area (Å²) >= 11 is 0. The minimum Gasteiger partial charge on any atom is -0.497 e. The fraction of sp³-hybridized carbons (Fsp3) is 0.304. The van der Waals surface area contributed by atoms with Crippen molar-refractivity contribution in [3.05, 3.63) is 60.2 Å². The van der Waals surface area contributed by atoms with Gasteiger partial charge in [0.05, 0.1) is 7.11 Å². The lowest BCUT2D eigenvalue weighted by atomic mass is 10.2. The first-order chi connectivity index (χ1) is 14.2. The maximum Gasteiger partial charge on any atom is 0.258 e. The van der Waals surface area contributed by atoms with Gasteiger partial charge in [-0.3, -0.25) is 4.79 Å². The number of carbonyl (C=O) groups is 1. The molecule has 0 saturated carbocycles. The van der Waals surface area contributed by atoms with Gasteiger partial charge in [0.15, 0.2) is 6.61 Å². The van der Waals surface area contributed by atoms with Crippen LogP contribution in [-0.4, -0.2) is 37.7 Å². The number of aromatic nitrogens is 1. The van der Waals surface area contributed by atoms with E-state index in [-0.39, 0.29) is 12.5 Å². The molecule has 6 heteroatoms. The number of benzene rings is 2. The fourth-order valence-corrected chi connectivity index (χ4v) is 3.49. The summed E-state index contributed by atoms with van der Waals surface area (Å²) in [6.45, 7) is 2.47. The van der Waals surface area contributed by atoms with Crippen LogP contribution >= 0.6 is 0 Å². The summed E-state index contributed by atoms with van der Waals surface area (Å²) in [7, 11) is 1.63. The average molecular weight is 391 g/mol.